The Morgan fingerprint density at radius 3 is 2.58 bits per heavy atom. The molecule has 0 aromatic carbocycles. The van der Waals surface area contributed by atoms with Crippen molar-refractivity contribution >= 4 is 5.78 Å². The molecule has 1 aliphatic carbocycles. The molecular formula is C10H17NO. The lowest BCUT2D eigenvalue weighted by Crippen LogP contribution is -2.31. The van der Waals surface area contributed by atoms with Crippen LogP contribution in [0, 0.1) is 0 Å². The van der Waals surface area contributed by atoms with E-state index in [1.165, 1.54) is 25.7 Å². The highest BCUT2D eigenvalue weighted by atomic mass is 16.1. The molecule has 0 aliphatic heterocycles. The highest BCUT2D eigenvalue weighted by molar-refractivity contribution is 5.95. The smallest absolute Gasteiger partial charge is 0.171 e. The Hall–Kier alpha value is -0.630. The second kappa shape index (κ2) is 4.41. The van der Waals surface area contributed by atoms with E-state index in [9.17, 15) is 4.79 Å². The number of rotatable bonds is 4. The molecule has 0 spiro atoms. The Morgan fingerprint density at radius 1 is 1.50 bits per heavy atom. The van der Waals surface area contributed by atoms with Crippen LogP contribution in [0.15, 0.2) is 12.2 Å². The first-order valence-corrected chi connectivity index (χ1v) is 4.62. The van der Waals surface area contributed by atoms with Crippen LogP contribution in [0.4, 0.5) is 0 Å². The van der Waals surface area contributed by atoms with E-state index in [4.69, 9.17) is 0 Å². The normalized spacial score (nSPS) is 18.1. The maximum absolute atomic E-state index is 11.1. The largest absolute Gasteiger partial charge is 0.307 e. The summed E-state index contributed by atoms with van der Waals surface area (Å²) in [4.78, 5) is 11.1. The zero-order chi connectivity index (χ0) is 8.97. The minimum Gasteiger partial charge on any atom is -0.307 e. The van der Waals surface area contributed by atoms with Crippen LogP contribution >= 0.6 is 0 Å². The molecule has 2 heteroatoms. The Balaban J connectivity index is 2.16. The van der Waals surface area contributed by atoms with Gasteiger partial charge in [-0.15, -0.1) is 0 Å². The zero-order valence-electron chi connectivity index (χ0n) is 7.73. The number of hydrogen-bond donors (Lipinski definition) is 1. The van der Waals surface area contributed by atoms with E-state index in [-0.39, 0.29) is 5.78 Å². The van der Waals surface area contributed by atoms with E-state index in [1.807, 2.05) is 0 Å². The topological polar surface area (TPSA) is 29.1 Å². The molecule has 68 valence electrons. The Kier molecular flexibility index (Phi) is 3.48. The first kappa shape index (κ1) is 9.46. The Labute approximate surface area is 74.0 Å². The van der Waals surface area contributed by atoms with Crippen molar-refractivity contribution in [2.45, 2.75) is 38.6 Å². The maximum atomic E-state index is 11.1. The molecule has 1 aliphatic rings. The number of Topliss-reactive ketones (excluding diaryl/α,β-unsaturated/α-hetero) is 1. The lowest BCUT2D eigenvalue weighted by atomic mass is 10.2. The molecule has 0 aromatic heterocycles. The number of carbonyl (C=O) groups is 1. The van der Waals surface area contributed by atoms with Crippen molar-refractivity contribution in [3.8, 4) is 0 Å². The highest BCUT2D eigenvalue weighted by Crippen LogP contribution is 2.17. The van der Waals surface area contributed by atoms with E-state index in [0.29, 0.717) is 18.2 Å². The second-order valence-electron chi connectivity index (χ2n) is 3.57. The summed E-state index contributed by atoms with van der Waals surface area (Å²) in [5.74, 6) is 0.141. The van der Waals surface area contributed by atoms with E-state index >= 15 is 0 Å². The molecule has 1 N–H and O–H groups in total. The van der Waals surface area contributed by atoms with Gasteiger partial charge in [0.2, 0.25) is 0 Å². The molecule has 2 nitrogen and oxygen atoms in total. The van der Waals surface area contributed by atoms with Gasteiger partial charge in [-0.3, -0.25) is 4.79 Å². The number of nitrogens with one attached hydrogen (secondary N) is 1. The van der Waals surface area contributed by atoms with Crippen molar-refractivity contribution in [3.63, 3.8) is 0 Å². The van der Waals surface area contributed by atoms with Gasteiger partial charge in [0.15, 0.2) is 5.78 Å². The first-order valence-electron chi connectivity index (χ1n) is 4.62. The lowest BCUT2D eigenvalue weighted by Gasteiger charge is -2.10. The summed E-state index contributed by atoms with van der Waals surface area (Å²) in [6.45, 7) is 5.85. The average Bonchev–Trinajstić information content (AvgIpc) is 2.51. The van der Waals surface area contributed by atoms with Crippen LogP contribution in [0.5, 0.6) is 0 Å². The van der Waals surface area contributed by atoms with Crippen LogP contribution in [0.25, 0.3) is 0 Å². The van der Waals surface area contributed by atoms with Crippen molar-refractivity contribution in [2.24, 2.45) is 0 Å². The van der Waals surface area contributed by atoms with Gasteiger partial charge < -0.3 is 5.32 Å². The molecule has 0 atom stereocenters. The van der Waals surface area contributed by atoms with E-state index in [0.717, 1.165) is 0 Å². The molecule has 0 saturated heterocycles. The summed E-state index contributed by atoms with van der Waals surface area (Å²) in [6.07, 6.45) is 5.06. The van der Waals surface area contributed by atoms with Crippen molar-refractivity contribution in [3.05, 3.63) is 12.2 Å². The van der Waals surface area contributed by atoms with Gasteiger partial charge in [-0.1, -0.05) is 19.4 Å². The first-order chi connectivity index (χ1) is 5.70. The number of hydrogen-bond acceptors (Lipinski definition) is 2. The van der Waals surface area contributed by atoms with Crippen molar-refractivity contribution < 1.29 is 4.79 Å². The van der Waals surface area contributed by atoms with E-state index < -0.39 is 0 Å². The van der Waals surface area contributed by atoms with Crippen LogP contribution in [-0.4, -0.2) is 18.4 Å². The second-order valence-corrected chi connectivity index (χ2v) is 3.57. The predicted octanol–water partition coefficient (Wildman–Crippen LogP) is 1.66. The predicted molar refractivity (Wildman–Crippen MR) is 50.1 cm³/mol. The molecule has 12 heavy (non-hydrogen) atoms. The zero-order valence-corrected chi connectivity index (χ0v) is 7.73. The van der Waals surface area contributed by atoms with Gasteiger partial charge in [-0.2, -0.15) is 0 Å². The minimum absolute atomic E-state index is 0.141. The van der Waals surface area contributed by atoms with Crippen LogP contribution in [-0.2, 0) is 4.79 Å². The minimum atomic E-state index is 0.141. The monoisotopic (exact) mass is 167 g/mol. The molecule has 0 amide bonds. The SMILES string of the molecule is C=C(C)C(=O)CNC1CCCC1. The molecule has 0 radical (unpaired) electrons. The molecular weight excluding hydrogens is 150 g/mol. The maximum Gasteiger partial charge on any atom is 0.171 e. The van der Waals surface area contributed by atoms with E-state index in [1.54, 1.807) is 6.92 Å². The van der Waals surface area contributed by atoms with Gasteiger partial charge in [0, 0.05) is 6.04 Å². The van der Waals surface area contributed by atoms with Gasteiger partial charge >= 0.3 is 0 Å². The Bertz CT molecular complexity index is 180. The standard InChI is InChI=1S/C10H17NO/c1-8(2)10(12)7-11-9-5-3-4-6-9/h9,11H,1,3-7H2,2H3. The van der Waals surface area contributed by atoms with Gasteiger partial charge in [-0.05, 0) is 25.3 Å². The van der Waals surface area contributed by atoms with Crippen LogP contribution in [0.2, 0.25) is 0 Å². The summed E-state index contributed by atoms with van der Waals surface area (Å²) < 4.78 is 0. The van der Waals surface area contributed by atoms with Gasteiger partial charge in [-0.25, -0.2) is 0 Å². The van der Waals surface area contributed by atoms with Crippen LogP contribution in [0.3, 0.4) is 0 Å². The molecule has 1 fully saturated rings. The fraction of sp³-hybridized carbons (Fsp3) is 0.700. The number of ketones is 1. The quantitative estimate of drug-likeness (QED) is 0.645. The molecule has 1 saturated carbocycles. The van der Waals surface area contributed by atoms with Gasteiger partial charge in [0.25, 0.3) is 0 Å². The fourth-order valence-electron chi connectivity index (χ4n) is 1.52. The molecule has 1 rings (SSSR count). The fourth-order valence-corrected chi connectivity index (χ4v) is 1.52. The van der Waals surface area contributed by atoms with Crippen molar-refractivity contribution in [1.82, 2.24) is 5.32 Å². The highest BCUT2D eigenvalue weighted by Gasteiger charge is 2.14. The average molecular weight is 167 g/mol. The third-order valence-electron chi connectivity index (χ3n) is 2.38. The summed E-state index contributed by atoms with van der Waals surface area (Å²) in [6, 6.07) is 0.577. The van der Waals surface area contributed by atoms with Gasteiger partial charge in [0.05, 0.1) is 6.54 Å². The summed E-state index contributed by atoms with van der Waals surface area (Å²) in [7, 11) is 0. The molecule has 0 bridgehead atoms. The lowest BCUT2D eigenvalue weighted by molar-refractivity contribution is -0.114. The van der Waals surface area contributed by atoms with E-state index in [2.05, 4.69) is 11.9 Å². The van der Waals surface area contributed by atoms with Gasteiger partial charge in [0.1, 0.15) is 0 Å². The third-order valence-corrected chi connectivity index (χ3v) is 2.38. The summed E-state index contributed by atoms with van der Waals surface area (Å²) >= 11 is 0. The van der Waals surface area contributed by atoms with Crippen molar-refractivity contribution in [2.75, 3.05) is 6.54 Å². The molecule has 0 heterocycles. The molecule has 0 unspecified atom stereocenters. The molecule has 0 aromatic rings. The summed E-state index contributed by atoms with van der Waals surface area (Å²) in [5.41, 5.74) is 0.653. The Morgan fingerprint density at radius 2 is 2.08 bits per heavy atom. The number of carbonyl (C=O) groups excluding carboxylic acids is 1. The van der Waals surface area contributed by atoms with Crippen LogP contribution < -0.4 is 5.32 Å². The third kappa shape index (κ3) is 2.78. The van der Waals surface area contributed by atoms with Crippen molar-refractivity contribution in [1.29, 1.82) is 0 Å². The van der Waals surface area contributed by atoms with Crippen LogP contribution in [0.1, 0.15) is 32.6 Å². The summed E-state index contributed by atoms with van der Waals surface area (Å²) in [5, 5.41) is 3.25.